The van der Waals surface area contributed by atoms with Crippen LogP contribution < -0.4 is 5.56 Å². The number of hydrogen-bond acceptors (Lipinski definition) is 3. The summed E-state index contributed by atoms with van der Waals surface area (Å²) in [5.41, 5.74) is 0.242. The van der Waals surface area contributed by atoms with Gasteiger partial charge in [0.05, 0.1) is 18.1 Å². The van der Waals surface area contributed by atoms with Crippen LogP contribution in [0.2, 0.25) is 0 Å². The van der Waals surface area contributed by atoms with Crippen molar-refractivity contribution in [3.8, 4) is 12.1 Å². The molecule has 1 aromatic rings. The predicted octanol–water partition coefficient (Wildman–Crippen LogP) is 0.634. The maximum Gasteiger partial charge on any atom is 0.250 e. The highest BCUT2D eigenvalue weighted by molar-refractivity contribution is 5.24. The molecule has 0 saturated heterocycles. The van der Waals surface area contributed by atoms with Gasteiger partial charge in [-0.1, -0.05) is 0 Å². The minimum Gasteiger partial charge on any atom is -0.313 e. The zero-order valence-corrected chi connectivity index (χ0v) is 6.90. The summed E-state index contributed by atoms with van der Waals surface area (Å²) >= 11 is 0. The molecule has 0 fully saturated rings. The molecular formula is C9H7N3O. The zero-order chi connectivity index (χ0) is 9.68. The SMILES string of the molecule is N#CCCn1cc(C#N)ccc1=O. The fourth-order valence-electron chi connectivity index (χ4n) is 0.943. The summed E-state index contributed by atoms with van der Waals surface area (Å²) in [5.74, 6) is 0. The quantitative estimate of drug-likeness (QED) is 0.658. The number of nitriles is 2. The maximum absolute atomic E-state index is 11.1. The number of rotatable bonds is 2. The molecule has 0 saturated carbocycles. The Morgan fingerprint density at radius 3 is 2.77 bits per heavy atom. The second-order valence-corrected chi connectivity index (χ2v) is 2.47. The topological polar surface area (TPSA) is 69.6 Å². The minimum atomic E-state index is -0.186. The normalized spacial score (nSPS) is 8.77. The van der Waals surface area contributed by atoms with E-state index in [-0.39, 0.29) is 12.0 Å². The van der Waals surface area contributed by atoms with Crippen LogP contribution in [0.4, 0.5) is 0 Å². The summed E-state index contributed by atoms with van der Waals surface area (Å²) < 4.78 is 1.36. The fourth-order valence-corrected chi connectivity index (χ4v) is 0.943. The van der Waals surface area contributed by atoms with Gasteiger partial charge in [-0.05, 0) is 6.07 Å². The second kappa shape index (κ2) is 4.08. The van der Waals surface area contributed by atoms with Crippen molar-refractivity contribution in [2.45, 2.75) is 13.0 Å². The van der Waals surface area contributed by atoms with Gasteiger partial charge in [-0.25, -0.2) is 0 Å². The van der Waals surface area contributed by atoms with Crippen molar-refractivity contribution in [1.82, 2.24) is 4.57 Å². The van der Waals surface area contributed by atoms with E-state index in [1.165, 1.54) is 22.9 Å². The van der Waals surface area contributed by atoms with Gasteiger partial charge in [0.25, 0.3) is 5.56 Å². The fraction of sp³-hybridized carbons (Fsp3) is 0.222. The average molecular weight is 173 g/mol. The zero-order valence-electron chi connectivity index (χ0n) is 6.90. The Morgan fingerprint density at radius 2 is 2.15 bits per heavy atom. The van der Waals surface area contributed by atoms with Crippen LogP contribution >= 0.6 is 0 Å². The lowest BCUT2D eigenvalue weighted by Crippen LogP contribution is -2.18. The third-order valence-corrected chi connectivity index (χ3v) is 1.58. The highest BCUT2D eigenvalue weighted by Gasteiger charge is 1.96. The van der Waals surface area contributed by atoms with E-state index in [9.17, 15) is 4.79 Å². The third-order valence-electron chi connectivity index (χ3n) is 1.58. The van der Waals surface area contributed by atoms with Crippen LogP contribution in [0.15, 0.2) is 23.1 Å². The van der Waals surface area contributed by atoms with Gasteiger partial charge < -0.3 is 4.57 Å². The monoisotopic (exact) mass is 173 g/mol. The smallest absolute Gasteiger partial charge is 0.250 e. The molecule has 4 heteroatoms. The molecule has 0 N–H and O–H groups in total. The first-order valence-electron chi connectivity index (χ1n) is 3.75. The van der Waals surface area contributed by atoms with E-state index >= 15 is 0 Å². The van der Waals surface area contributed by atoms with Crippen LogP contribution in [0, 0.1) is 22.7 Å². The molecule has 4 nitrogen and oxygen atoms in total. The highest BCUT2D eigenvalue weighted by Crippen LogP contribution is 1.93. The Morgan fingerprint density at radius 1 is 1.38 bits per heavy atom. The van der Waals surface area contributed by atoms with Crippen LogP contribution in [0.5, 0.6) is 0 Å². The van der Waals surface area contributed by atoms with Gasteiger partial charge in [-0.3, -0.25) is 4.79 Å². The minimum absolute atomic E-state index is 0.186. The van der Waals surface area contributed by atoms with E-state index < -0.39 is 0 Å². The first-order chi connectivity index (χ1) is 6.27. The van der Waals surface area contributed by atoms with Gasteiger partial charge in [-0.15, -0.1) is 0 Å². The molecule has 1 heterocycles. The molecule has 0 bridgehead atoms. The molecule has 0 unspecified atom stereocenters. The van der Waals surface area contributed by atoms with Crippen molar-refractivity contribution < 1.29 is 0 Å². The summed E-state index contributed by atoms with van der Waals surface area (Å²) in [5, 5.41) is 16.9. The molecule has 13 heavy (non-hydrogen) atoms. The van der Waals surface area contributed by atoms with Gasteiger partial charge >= 0.3 is 0 Å². The lowest BCUT2D eigenvalue weighted by atomic mass is 10.3. The van der Waals surface area contributed by atoms with Gasteiger partial charge in [0.1, 0.15) is 6.07 Å². The van der Waals surface area contributed by atoms with E-state index in [4.69, 9.17) is 10.5 Å². The van der Waals surface area contributed by atoms with Gasteiger partial charge in [0.2, 0.25) is 0 Å². The molecule has 1 rings (SSSR count). The van der Waals surface area contributed by atoms with Crippen molar-refractivity contribution in [2.75, 3.05) is 0 Å². The number of aromatic nitrogens is 1. The van der Waals surface area contributed by atoms with Crippen molar-refractivity contribution in [1.29, 1.82) is 10.5 Å². The van der Waals surface area contributed by atoms with Crippen LogP contribution in [-0.4, -0.2) is 4.57 Å². The Labute approximate surface area is 75.3 Å². The summed E-state index contributed by atoms with van der Waals surface area (Å²) in [6, 6.07) is 6.66. The van der Waals surface area contributed by atoms with Crippen molar-refractivity contribution in [3.05, 3.63) is 34.2 Å². The third kappa shape index (κ3) is 2.18. The van der Waals surface area contributed by atoms with Crippen LogP contribution in [-0.2, 0) is 6.54 Å². The van der Waals surface area contributed by atoms with E-state index in [0.29, 0.717) is 12.1 Å². The standard InChI is InChI=1S/C9H7N3O/c10-4-1-5-12-7-8(6-11)2-3-9(12)13/h2-3,7H,1,5H2. The number of hydrogen-bond donors (Lipinski definition) is 0. The first kappa shape index (κ1) is 9.02. The lowest BCUT2D eigenvalue weighted by molar-refractivity contribution is 0.685. The molecule has 0 aliphatic carbocycles. The van der Waals surface area contributed by atoms with Gasteiger partial charge in [-0.2, -0.15) is 10.5 Å². The lowest BCUT2D eigenvalue weighted by Gasteiger charge is -2.00. The Kier molecular flexibility index (Phi) is 2.83. The summed E-state index contributed by atoms with van der Waals surface area (Å²) in [4.78, 5) is 11.1. The van der Waals surface area contributed by atoms with Crippen molar-refractivity contribution >= 4 is 0 Å². The van der Waals surface area contributed by atoms with E-state index in [1.807, 2.05) is 12.1 Å². The van der Waals surface area contributed by atoms with Crippen molar-refractivity contribution in [3.63, 3.8) is 0 Å². The predicted molar refractivity (Wildman–Crippen MR) is 45.6 cm³/mol. The largest absolute Gasteiger partial charge is 0.313 e. The number of pyridine rings is 1. The Balaban J connectivity index is 3.01. The number of nitrogens with zero attached hydrogens (tertiary/aromatic N) is 3. The van der Waals surface area contributed by atoms with Gasteiger partial charge in [0.15, 0.2) is 0 Å². The molecule has 0 spiro atoms. The van der Waals surface area contributed by atoms with Crippen LogP contribution in [0.1, 0.15) is 12.0 Å². The van der Waals surface area contributed by atoms with Crippen LogP contribution in [0.3, 0.4) is 0 Å². The molecule has 0 aromatic carbocycles. The maximum atomic E-state index is 11.1. The molecule has 0 aliphatic heterocycles. The molecule has 0 atom stereocenters. The summed E-state index contributed by atoms with van der Waals surface area (Å²) in [6.45, 7) is 0.338. The molecule has 0 amide bonds. The van der Waals surface area contributed by atoms with Gasteiger partial charge in [0, 0.05) is 18.8 Å². The summed E-state index contributed by atoms with van der Waals surface area (Å²) in [6.07, 6.45) is 1.73. The van der Waals surface area contributed by atoms with E-state index in [2.05, 4.69) is 0 Å². The second-order valence-electron chi connectivity index (χ2n) is 2.47. The van der Waals surface area contributed by atoms with E-state index in [0.717, 1.165) is 0 Å². The van der Waals surface area contributed by atoms with Crippen molar-refractivity contribution in [2.24, 2.45) is 0 Å². The molecule has 0 aliphatic rings. The average Bonchev–Trinajstić information content (AvgIpc) is 2.17. The Bertz CT molecular complexity index is 433. The van der Waals surface area contributed by atoms with Crippen LogP contribution in [0.25, 0.3) is 0 Å². The first-order valence-corrected chi connectivity index (χ1v) is 3.75. The summed E-state index contributed by atoms with van der Waals surface area (Å²) in [7, 11) is 0. The molecule has 0 radical (unpaired) electrons. The van der Waals surface area contributed by atoms with E-state index in [1.54, 1.807) is 0 Å². The Hall–Kier alpha value is -2.07. The highest BCUT2D eigenvalue weighted by atomic mass is 16.1. The molecule has 64 valence electrons. The molecule has 1 aromatic heterocycles. The number of aryl methyl sites for hydroxylation is 1. The molecular weight excluding hydrogens is 166 g/mol.